The summed E-state index contributed by atoms with van der Waals surface area (Å²) in [5, 5.41) is 7.93. The molecule has 1 aliphatic heterocycles. The summed E-state index contributed by atoms with van der Waals surface area (Å²) in [5.41, 5.74) is 3.24. The van der Waals surface area contributed by atoms with Gasteiger partial charge in [0.1, 0.15) is 29.4 Å². The van der Waals surface area contributed by atoms with Crippen molar-refractivity contribution in [3.8, 4) is 22.8 Å². The number of nitrogens with one attached hydrogen (secondary N) is 2. The molecule has 41 heavy (non-hydrogen) atoms. The van der Waals surface area contributed by atoms with E-state index in [-0.39, 0.29) is 11.9 Å². The zero-order chi connectivity index (χ0) is 28.6. The van der Waals surface area contributed by atoms with E-state index in [4.69, 9.17) is 18.6 Å². The Kier molecular flexibility index (Phi) is 9.00. The molecule has 10 nitrogen and oxygen atoms in total. The quantitative estimate of drug-likeness (QED) is 0.169. The fraction of sp³-hybridized carbons (Fsp3) is 0.323. The second kappa shape index (κ2) is 13.2. The average molecular weight is 558 g/mol. The van der Waals surface area contributed by atoms with Crippen molar-refractivity contribution in [2.24, 2.45) is 0 Å². The van der Waals surface area contributed by atoms with Crippen LogP contribution in [0.3, 0.4) is 0 Å². The molecular formula is C31H35N5O5. The van der Waals surface area contributed by atoms with Crippen LogP contribution in [0, 0.1) is 0 Å². The molecule has 0 aliphatic carbocycles. The van der Waals surface area contributed by atoms with Gasteiger partial charge >= 0.3 is 0 Å². The van der Waals surface area contributed by atoms with Crippen molar-refractivity contribution in [3.05, 3.63) is 67.7 Å². The predicted molar refractivity (Wildman–Crippen MR) is 159 cm³/mol. The van der Waals surface area contributed by atoms with Gasteiger partial charge < -0.3 is 34.2 Å². The fourth-order valence-electron chi connectivity index (χ4n) is 4.92. The van der Waals surface area contributed by atoms with E-state index in [2.05, 4.69) is 27.2 Å². The summed E-state index contributed by atoms with van der Waals surface area (Å²) in [5.74, 6) is 2.73. The molecule has 4 aromatic rings. The van der Waals surface area contributed by atoms with Crippen LogP contribution in [0.4, 0.5) is 17.2 Å². The Bertz CT molecular complexity index is 1480. The smallest absolute Gasteiger partial charge is 0.245 e. The van der Waals surface area contributed by atoms with E-state index in [1.807, 2.05) is 47.4 Å². The minimum absolute atomic E-state index is 0.0317. The van der Waals surface area contributed by atoms with Gasteiger partial charge in [-0.15, -0.1) is 0 Å². The van der Waals surface area contributed by atoms with E-state index in [0.717, 1.165) is 52.9 Å². The molecule has 10 heteroatoms. The number of hydrogen-bond donors (Lipinski definition) is 2. The van der Waals surface area contributed by atoms with E-state index in [1.165, 1.54) is 12.4 Å². The van der Waals surface area contributed by atoms with Crippen LogP contribution < -0.4 is 20.1 Å². The number of hydrogen-bond acceptors (Lipinski definition) is 9. The average Bonchev–Trinajstić information content (AvgIpc) is 3.55. The lowest BCUT2D eigenvalue weighted by Crippen LogP contribution is -2.41. The Morgan fingerprint density at radius 2 is 1.95 bits per heavy atom. The number of nitrogens with zero attached hydrogens (tertiary/aromatic N) is 3. The van der Waals surface area contributed by atoms with Crippen molar-refractivity contribution in [2.45, 2.75) is 25.3 Å². The summed E-state index contributed by atoms with van der Waals surface area (Å²) in [4.78, 5) is 23.0. The number of aromatic nitrogens is 2. The first-order valence-electron chi connectivity index (χ1n) is 13.7. The molecule has 0 bridgehead atoms. The maximum Gasteiger partial charge on any atom is 0.245 e. The molecule has 0 atom stereocenters. The number of benzene rings is 2. The van der Waals surface area contributed by atoms with Crippen LogP contribution in [-0.4, -0.2) is 67.3 Å². The number of likely N-dealkylation sites (tertiary alicyclic amines) is 1. The lowest BCUT2D eigenvalue weighted by atomic mass is 10.0. The molecular weight excluding hydrogens is 522 g/mol. The van der Waals surface area contributed by atoms with Crippen LogP contribution in [0.1, 0.15) is 19.3 Å². The normalized spacial score (nSPS) is 13.7. The van der Waals surface area contributed by atoms with Crippen molar-refractivity contribution in [2.75, 3.05) is 51.2 Å². The number of ether oxygens (including phenoxy) is 3. The minimum atomic E-state index is -0.0317. The summed E-state index contributed by atoms with van der Waals surface area (Å²) in [7, 11) is 3.31. The maximum absolute atomic E-state index is 12.0. The van der Waals surface area contributed by atoms with E-state index < -0.39 is 0 Å². The lowest BCUT2D eigenvalue weighted by molar-refractivity contribution is -0.126. The van der Waals surface area contributed by atoms with Gasteiger partial charge in [0, 0.05) is 56.3 Å². The van der Waals surface area contributed by atoms with Crippen LogP contribution in [0.5, 0.6) is 11.5 Å². The van der Waals surface area contributed by atoms with E-state index in [0.29, 0.717) is 43.6 Å². The molecule has 1 aliphatic rings. The minimum Gasteiger partial charge on any atom is -0.495 e. The second-order valence-corrected chi connectivity index (χ2v) is 9.75. The number of fused-ring (bicyclic) bond motifs is 1. The second-order valence-electron chi connectivity index (χ2n) is 9.75. The third-order valence-corrected chi connectivity index (χ3v) is 7.09. The molecule has 214 valence electrons. The Morgan fingerprint density at radius 1 is 1.10 bits per heavy atom. The van der Waals surface area contributed by atoms with Gasteiger partial charge in [-0.3, -0.25) is 4.79 Å². The van der Waals surface area contributed by atoms with Crippen LogP contribution in [0.25, 0.3) is 22.2 Å². The molecule has 1 amide bonds. The van der Waals surface area contributed by atoms with Crippen molar-refractivity contribution in [3.63, 3.8) is 0 Å². The van der Waals surface area contributed by atoms with Gasteiger partial charge in [-0.25, -0.2) is 9.97 Å². The van der Waals surface area contributed by atoms with Gasteiger partial charge in [0.25, 0.3) is 0 Å². The van der Waals surface area contributed by atoms with Crippen LogP contribution in [0.15, 0.2) is 72.1 Å². The number of rotatable bonds is 12. The van der Waals surface area contributed by atoms with Crippen molar-refractivity contribution < 1.29 is 23.4 Å². The van der Waals surface area contributed by atoms with Gasteiger partial charge in [0.15, 0.2) is 0 Å². The van der Waals surface area contributed by atoms with Crippen molar-refractivity contribution >= 4 is 34.0 Å². The topological polar surface area (TPSA) is 111 Å². The first-order valence-corrected chi connectivity index (χ1v) is 13.7. The highest BCUT2D eigenvalue weighted by molar-refractivity contribution is 5.95. The van der Waals surface area contributed by atoms with Crippen LogP contribution >= 0.6 is 0 Å². The number of carbonyl (C=O) groups excluding carboxylic acids is 1. The standard InChI is InChI=1S/C31H35N5O5/c1-4-30(37)36-12-10-22(11-13-36)34-26-18-23-24(19-29(26)41-16-6-14-38-2)32-20-33-31(23)35-25-17-21(8-9-28(25)39-3)27-7-5-15-40-27/h4-5,7-9,15,17-20,22,34H,1,6,10-14,16H2,2-3H3,(H,32,33,35). The Balaban J connectivity index is 1.46. The molecule has 1 saturated heterocycles. The predicted octanol–water partition coefficient (Wildman–Crippen LogP) is 5.65. The summed E-state index contributed by atoms with van der Waals surface area (Å²) in [6.45, 7) is 6.07. The van der Waals surface area contributed by atoms with Gasteiger partial charge in [-0.05, 0) is 55.3 Å². The number of methoxy groups -OCH3 is 2. The van der Waals surface area contributed by atoms with Crippen molar-refractivity contribution in [1.82, 2.24) is 14.9 Å². The zero-order valence-corrected chi connectivity index (χ0v) is 23.4. The number of furan rings is 1. The van der Waals surface area contributed by atoms with Crippen LogP contribution in [0.2, 0.25) is 0 Å². The van der Waals surface area contributed by atoms with Gasteiger partial charge in [0.05, 0.1) is 36.9 Å². The number of piperidine rings is 1. The summed E-state index contributed by atoms with van der Waals surface area (Å²) in [6, 6.07) is 13.7. The molecule has 0 spiro atoms. The van der Waals surface area contributed by atoms with E-state index >= 15 is 0 Å². The largest absolute Gasteiger partial charge is 0.495 e. The molecule has 0 saturated carbocycles. The Hall–Kier alpha value is -4.57. The summed E-state index contributed by atoms with van der Waals surface area (Å²) < 4.78 is 22.6. The third kappa shape index (κ3) is 6.60. The number of amides is 1. The third-order valence-electron chi connectivity index (χ3n) is 7.09. The monoisotopic (exact) mass is 557 g/mol. The van der Waals surface area contributed by atoms with Gasteiger partial charge in [-0.2, -0.15) is 0 Å². The molecule has 3 heterocycles. The molecule has 2 N–H and O–H groups in total. The van der Waals surface area contributed by atoms with Crippen molar-refractivity contribution in [1.29, 1.82) is 0 Å². The highest BCUT2D eigenvalue weighted by Gasteiger charge is 2.23. The first-order chi connectivity index (χ1) is 20.1. The zero-order valence-electron chi connectivity index (χ0n) is 23.4. The summed E-state index contributed by atoms with van der Waals surface area (Å²) in [6.07, 6.45) is 6.94. The molecule has 2 aromatic heterocycles. The number of anilines is 3. The maximum atomic E-state index is 12.0. The highest BCUT2D eigenvalue weighted by atomic mass is 16.5. The van der Waals surface area contributed by atoms with Crippen LogP contribution in [-0.2, 0) is 9.53 Å². The molecule has 1 fully saturated rings. The molecule has 2 aromatic carbocycles. The lowest BCUT2D eigenvalue weighted by Gasteiger charge is -2.32. The fourth-order valence-corrected chi connectivity index (χ4v) is 4.92. The number of carbonyl (C=O) groups is 1. The first kappa shape index (κ1) is 28.0. The Morgan fingerprint density at radius 3 is 2.68 bits per heavy atom. The molecule has 0 radical (unpaired) electrons. The van der Waals surface area contributed by atoms with E-state index in [9.17, 15) is 4.79 Å². The van der Waals surface area contributed by atoms with Gasteiger partial charge in [0.2, 0.25) is 5.91 Å². The van der Waals surface area contributed by atoms with E-state index in [1.54, 1.807) is 20.5 Å². The summed E-state index contributed by atoms with van der Waals surface area (Å²) >= 11 is 0. The highest BCUT2D eigenvalue weighted by Crippen LogP contribution is 2.37. The van der Waals surface area contributed by atoms with Gasteiger partial charge in [-0.1, -0.05) is 6.58 Å². The molecule has 5 rings (SSSR count). The Labute approximate surface area is 239 Å². The SMILES string of the molecule is C=CC(=O)N1CCC(Nc2cc3c(Nc4cc(-c5ccco5)ccc4OC)ncnc3cc2OCCCOC)CC1. The molecule has 0 unspecified atom stereocenters.